The summed E-state index contributed by atoms with van der Waals surface area (Å²) in [6, 6.07) is 1.05. The largest absolute Gasteiger partial charge is 0.480 e. The van der Waals surface area contributed by atoms with E-state index in [9.17, 15) is 9.59 Å². The average Bonchev–Trinajstić information content (AvgIpc) is 3.02. The van der Waals surface area contributed by atoms with Gasteiger partial charge in [0, 0.05) is 9.75 Å². The molecule has 0 aliphatic heterocycles. The van der Waals surface area contributed by atoms with E-state index in [2.05, 4.69) is 5.32 Å². The number of aliphatic carboxylic acids is 1. The molecule has 98 valence electrons. The predicted octanol–water partition coefficient (Wildman–Crippen LogP) is 2.35. The lowest BCUT2D eigenvalue weighted by Crippen LogP contribution is -2.41. The smallest absolute Gasteiger partial charge is 0.326 e. The van der Waals surface area contributed by atoms with Crippen molar-refractivity contribution in [3.05, 3.63) is 21.4 Å². The van der Waals surface area contributed by atoms with E-state index in [0.29, 0.717) is 17.9 Å². The Morgan fingerprint density at radius 3 is 2.61 bits per heavy atom. The number of carboxylic acid groups (broad SMARTS) is 1. The average molecular weight is 267 g/mol. The number of thiophene rings is 1. The summed E-state index contributed by atoms with van der Waals surface area (Å²) in [7, 11) is 0. The highest BCUT2D eigenvalue weighted by Gasteiger charge is 2.30. The monoisotopic (exact) mass is 267 g/mol. The van der Waals surface area contributed by atoms with Crippen LogP contribution < -0.4 is 5.32 Å². The molecule has 1 aliphatic rings. The molecular weight excluding hydrogens is 250 g/mol. The molecule has 18 heavy (non-hydrogen) atoms. The number of carbonyl (C=O) groups is 2. The molecule has 0 bridgehead atoms. The maximum Gasteiger partial charge on any atom is 0.326 e. The van der Waals surface area contributed by atoms with Crippen molar-refractivity contribution in [3.63, 3.8) is 0 Å². The number of nitrogens with one attached hydrogen (secondary N) is 1. The molecule has 1 atom stereocenters. The number of rotatable bonds is 5. The summed E-state index contributed by atoms with van der Waals surface area (Å²) >= 11 is 1.55. The zero-order valence-electron chi connectivity index (χ0n) is 10.5. The van der Waals surface area contributed by atoms with Gasteiger partial charge in [0.05, 0.1) is 5.56 Å². The number of carbonyl (C=O) groups excluding carboxylic acids is 1. The Morgan fingerprint density at radius 2 is 2.17 bits per heavy atom. The SMILES string of the molecule is Cc1cc(C(=O)NC(CC2CC2)C(=O)O)c(C)s1. The second-order valence-electron chi connectivity index (χ2n) is 4.87. The highest BCUT2D eigenvalue weighted by Crippen LogP contribution is 2.33. The lowest BCUT2D eigenvalue weighted by Gasteiger charge is -2.13. The zero-order chi connectivity index (χ0) is 13.3. The van der Waals surface area contributed by atoms with Crippen molar-refractivity contribution in [2.75, 3.05) is 0 Å². The van der Waals surface area contributed by atoms with Crippen LogP contribution in [0.4, 0.5) is 0 Å². The summed E-state index contributed by atoms with van der Waals surface area (Å²) in [5.74, 6) is -0.749. The minimum absolute atomic E-state index is 0.273. The normalized spacial score (nSPS) is 16.3. The van der Waals surface area contributed by atoms with Gasteiger partial charge in [-0.05, 0) is 32.3 Å². The molecule has 1 aromatic heterocycles. The third-order valence-electron chi connectivity index (χ3n) is 3.15. The third kappa shape index (κ3) is 3.10. The number of aryl methyl sites for hydroxylation is 2. The molecule has 1 heterocycles. The number of carboxylic acids is 1. The number of hydrogen-bond donors (Lipinski definition) is 2. The Hall–Kier alpha value is -1.36. The molecule has 2 rings (SSSR count). The summed E-state index contributed by atoms with van der Waals surface area (Å²) in [4.78, 5) is 25.1. The van der Waals surface area contributed by atoms with Gasteiger partial charge < -0.3 is 10.4 Å². The Morgan fingerprint density at radius 1 is 1.50 bits per heavy atom. The third-order valence-corrected chi connectivity index (χ3v) is 4.12. The van der Waals surface area contributed by atoms with E-state index >= 15 is 0 Å². The van der Waals surface area contributed by atoms with Crippen LogP contribution in [0.5, 0.6) is 0 Å². The van der Waals surface area contributed by atoms with Crippen LogP contribution in [-0.2, 0) is 4.79 Å². The Balaban J connectivity index is 2.03. The fraction of sp³-hybridized carbons (Fsp3) is 0.538. The Bertz CT molecular complexity index is 477. The van der Waals surface area contributed by atoms with Gasteiger partial charge >= 0.3 is 5.97 Å². The van der Waals surface area contributed by atoms with Crippen molar-refractivity contribution in [3.8, 4) is 0 Å². The molecule has 1 unspecified atom stereocenters. The fourth-order valence-electron chi connectivity index (χ4n) is 2.00. The van der Waals surface area contributed by atoms with Crippen LogP contribution >= 0.6 is 11.3 Å². The first-order valence-electron chi connectivity index (χ1n) is 6.08. The van der Waals surface area contributed by atoms with Gasteiger partial charge in [0.15, 0.2) is 0 Å². The van der Waals surface area contributed by atoms with E-state index in [4.69, 9.17) is 5.11 Å². The van der Waals surface area contributed by atoms with Crippen molar-refractivity contribution < 1.29 is 14.7 Å². The second kappa shape index (κ2) is 5.10. The van der Waals surface area contributed by atoms with Gasteiger partial charge in [0.1, 0.15) is 6.04 Å². The quantitative estimate of drug-likeness (QED) is 0.860. The highest BCUT2D eigenvalue weighted by atomic mass is 32.1. The molecule has 5 heteroatoms. The van der Waals surface area contributed by atoms with E-state index in [0.717, 1.165) is 22.6 Å². The molecular formula is C13H17NO3S. The maximum absolute atomic E-state index is 12.0. The van der Waals surface area contributed by atoms with Crippen LogP contribution in [0, 0.1) is 19.8 Å². The van der Waals surface area contributed by atoms with Crippen LogP contribution in [0.15, 0.2) is 6.07 Å². The topological polar surface area (TPSA) is 66.4 Å². The summed E-state index contributed by atoms with van der Waals surface area (Å²) in [5, 5.41) is 11.7. The number of amides is 1. The van der Waals surface area contributed by atoms with Gasteiger partial charge in [-0.15, -0.1) is 11.3 Å². The van der Waals surface area contributed by atoms with Crippen molar-refractivity contribution in [2.45, 2.75) is 39.2 Å². The van der Waals surface area contributed by atoms with Gasteiger partial charge in [-0.3, -0.25) is 4.79 Å². The van der Waals surface area contributed by atoms with Gasteiger partial charge in [0.25, 0.3) is 5.91 Å². The van der Waals surface area contributed by atoms with Crippen molar-refractivity contribution in [2.24, 2.45) is 5.92 Å². The molecule has 0 saturated heterocycles. The molecule has 2 N–H and O–H groups in total. The van der Waals surface area contributed by atoms with Crippen LogP contribution in [0.25, 0.3) is 0 Å². The number of hydrogen-bond acceptors (Lipinski definition) is 3. The molecule has 4 nitrogen and oxygen atoms in total. The van der Waals surface area contributed by atoms with Crippen LogP contribution in [0.3, 0.4) is 0 Å². The van der Waals surface area contributed by atoms with Gasteiger partial charge in [-0.2, -0.15) is 0 Å². The van der Waals surface area contributed by atoms with E-state index in [1.165, 1.54) is 0 Å². The van der Waals surface area contributed by atoms with E-state index in [1.54, 1.807) is 11.3 Å². The van der Waals surface area contributed by atoms with Crippen LogP contribution in [0.1, 0.15) is 39.4 Å². The first-order chi connectivity index (χ1) is 8.47. The molecule has 1 amide bonds. The van der Waals surface area contributed by atoms with E-state index in [-0.39, 0.29) is 5.91 Å². The lowest BCUT2D eigenvalue weighted by atomic mass is 10.1. The van der Waals surface area contributed by atoms with Gasteiger partial charge in [0.2, 0.25) is 0 Å². The molecule has 1 aromatic rings. The van der Waals surface area contributed by atoms with Crippen molar-refractivity contribution >= 4 is 23.2 Å². The standard InChI is InChI=1S/C13H17NO3S/c1-7-5-10(8(2)18-7)12(15)14-11(13(16)17)6-9-3-4-9/h5,9,11H,3-4,6H2,1-2H3,(H,14,15)(H,16,17). The maximum atomic E-state index is 12.0. The fourth-order valence-corrected chi connectivity index (χ4v) is 2.92. The minimum atomic E-state index is -0.945. The minimum Gasteiger partial charge on any atom is -0.480 e. The highest BCUT2D eigenvalue weighted by molar-refractivity contribution is 7.12. The lowest BCUT2D eigenvalue weighted by molar-refractivity contribution is -0.139. The summed E-state index contributed by atoms with van der Waals surface area (Å²) < 4.78 is 0. The molecule has 1 fully saturated rings. The first-order valence-corrected chi connectivity index (χ1v) is 6.89. The summed E-state index contributed by atoms with van der Waals surface area (Å²) in [5.41, 5.74) is 0.597. The van der Waals surface area contributed by atoms with Gasteiger partial charge in [-0.1, -0.05) is 12.8 Å². The zero-order valence-corrected chi connectivity index (χ0v) is 11.3. The predicted molar refractivity (Wildman–Crippen MR) is 70.0 cm³/mol. The van der Waals surface area contributed by atoms with Crippen molar-refractivity contribution in [1.82, 2.24) is 5.32 Å². The first kappa shape index (κ1) is 13.1. The Labute approximate surface area is 110 Å². The summed E-state index contributed by atoms with van der Waals surface area (Å²) in [6.07, 6.45) is 2.70. The Kier molecular flexibility index (Phi) is 3.71. The van der Waals surface area contributed by atoms with Crippen LogP contribution in [0.2, 0.25) is 0 Å². The molecule has 0 aromatic carbocycles. The molecule has 0 radical (unpaired) electrons. The second-order valence-corrected chi connectivity index (χ2v) is 6.33. The molecule has 1 saturated carbocycles. The molecule has 0 spiro atoms. The van der Waals surface area contributed by atoms with E-state index in [1.807, 2.05) is 19.9 Å². The molecule has 1 aliphatic carbocycles. The van der Waals surface area contributed by atoms with Crippen molar-refractivity contribution in [1.29, 1.82) is 0 Å². The summed E-state index contributed by atoms with van der Waals surface area (Å²) in [6.45, 7) is 3.82. The van der Waals surface area contributed by atoms with Gasteiger partial charge in [-0.25, -0.2) is 4.79 Å². The van der Waals surface area contributed by atoms with E-state index < -0.39 is 12.0 Å². The van der Waals surface area contributed by atoms with Crippen LogP contribution in [-0.4, -0.2) is 23.0 Å².